The minimum Gasteiger partial charge on any atom is -0.352 e. The third kappa shape index (κ3) is 8.70. The van der Waals surface area contributed by atoms with Crippen molar-refractivity contribution in [3.8, 4) is 0 Å². The molecule has 7 nitrogen and oxygen atoms in total. The van der Waals surface area contributed by atoms with Gasteiger partial charge in [-0.2, -0.15) is 0 Å². The summed E-state index contributed by atoms with van der Waals surface area (Å²) in [4.78, 5) is 27.6. The highest BCUT2D eigenvalue weighted by molar-refractivity contribution is 7.92. The molecule has 2 unspecified atom stereocenters. The van der Waals surface area contributed by atoms with Crippen molar-refractivity contribution in [3.63, 3.8) is 0 Å². The first-order valence-corrected chi connectivity index (χ1v) is 14.1. The zero-order valence-electron chi connectivity index (χ0n) is 20.5. The average Bonchev–Trinajstić information content (AvgIpc) is 2.79. The Bertz CT molecular complexity index is 1130. The Morgan fingerprint density at radius 1 is 1.06 bits per heavy atom. The lowest BCUT2D eigenvalue weighted by Gasteiger charge is -2.30. The lowest BCUT2D eigenvalue weighted by Crippen LogP contribution is -2.49. The van der Waals surface area contributed by atoms with Crippen LogP contribution in [0.5, 0.6) is 0 Å². The lowest BCUT2D eigenvalue weighted by molar-refractivity contribution is -0.140. The predicted molar refractivity (Wildman–Crippen MR) is 142 cm³/mol. The smallest absolute Gasteiger partial charge is 0.242 e. The lowest BCUT2D eigenvalue weighted by atomic mass is 10.1. The van der Waals surface area contributed by atoms with Crippen LogP contribution in [0.4, 0.5) is 5.69 Å². The van der Waals surface area contributed by atoms with Crippen molar-refractivity contribution in [2.45, 2.75) is 58.7 Å². The standard InChI is InChI=1S/C25H33Cl2N3O4S/c1-5-18(2)28-25(32)19(3)29(17-20-10-6-7-13-23(20)27)24(31)14-9-15-30(35(4,33)34)22-12-8-11-21(26)16-22/h6-8,10-13,16,18-19H,5,9,14-15,17H2,1-4H3,(H,28,32). The van der Waals surface area contributed by atoms with E-state index in [0.29, 0.717) is 15.7 Å². The number of sulfonamides is 1. The molecular formula is C25H33Cl2N3O4S. The Labute approximate surface area is 218 Å². The Balaban J connectivity index is 2.19. The number of carbonyl (C=O) groups excluding carboxylic acids is 2. The second-order valence-electron chi connectivity index (χ2n) is 8.53. The van der Waals surface area contributed by atoms with Crippen LogP contribution in [0.2, 0.25) is 10.0 Å². The molecule has 35 heavy (non-hydrogen) atoms. The number of hydrogen-bond acceptors (Lipinski definition) is 4. The van der Waals surface area contributed by atoms with Crippen LogP contribution < -0.4 is 9.62 Å². The van der Waals surface area contributed by atoms with E-state index in [-0.39, 0.29) is 43.8 Å². The molecule has 0 fully saturated rings. The number of nitrogens with zero attached hydrogens (tertiary/aromatic N) is 2. The SMILES string of the molecule is CCC(C)NC(=O)C(C)N(Cc1ccccc1Cl)C(=O)CCCN(c1cccc(Cl)c1)S(C)(=O)=O. The largest absolute Gasteiger partial charge is 0.352 e. The van der Waals surface area contributed by atoms with Crippen LogP contribution in [-0.2, 0) is 26.2 Å². The highest BCUT2D eigenvalue weighted by Crippen LogP contribution is 2.23. The van der Waals surface area contributed by atoms with Crippen molar-refractivity contribution in [1.82, 2.24) is 10.2 Å². The molecule has 0 bridgehead atoms. The molecule has 2 rings (SSSR count). The van der Waals surface area contributed by atoms with Gasteiger partial charge in [0, 0.05) is 35.6 Å². The van der Waals surface area contributed by atoms with E-state index in [4.69, 9.17) is 23.2 Å². The number of nitrogens with one attached hydrogen (secondary N) is 1. The normalized spacial score (nSPS) is 13.1. The first-order valence-electron chi connectivity index (χ1n) is 11.5. The molecule has 0 saturated carbocycles. The molecule has 10 heteroatoms. The van der Waals surface area contributed by atoms with E-state index in [1.807, 2.05) is 26.0 Å². The molecule has 0 aliphatic carbocycles. The average molecular weight is 543 g/mol. The Morgan fingerprint density at radius 3 is 2.34 bits per heavy atom. The number of benzene rings is 2. The summed E-state index contributed by atoms with van der Waals surface area (Å²) in [6.45, 7) is 5.81. The number of halogens is 2. The van der Waals surface area contributed by atoms with E-state index in [0.717, 1.165) is 18.2 Å². The van der Waals surface area contributed by atoms with Crippen LogP contribution in [-0.4, -0.2) is 50.0 Å². The molecule has 2 amide bonds. The van der Waals surface area contributed by atoms with Crippen LogP contribution in [0.15, 0.2) is 48.5 Å². The Morgan fingerprint density at radius 2 is 1.74 bits per heavy atom. The van der Waals surface area contributed by atoms with Gasteiger partial charge < -0.3 is 10.2 Å². The van der Waals surface area contributed by atoms with Crippen molar-refractivity contribution >= 4 is 50.7 Å². The van der Waals surface area contributed by atoms with Gasteiger partial charge in [-0.1, -0.05) is 54.4 Å². The van der Waals surface area contributed by atoms with Crippen LogP contribution in [0.1, 0.15) is 45.6 Å². The molecule has 1 N–H and O–H groups in total. The molecule has 0 aromatic heterocycles. The Kier molecular flexibility index (Phi) is 10.9. The molecule has 0 saturated heterocycles. The number of carbonyl (C=O) groups is 2. The summed E-state index contributed by atoms with van der Waals surface area (Å²) < 4.78 is 26.0. The van der Waals surface area contributed by atoms with Gasteiger partial charge in [-0.3, -0.25) is 13.9 Å². The molecule has 0 aliphatic rings. The van der Waals surface area contributed by atoms with Crippen molar-refractivity contribution in [2.24, 2.45) is 0 Å². The number of amides is 2. The topological polar surface area (TPSA) is 86.8 Å². The highest BCUT2D eigenvalue weighted by atomic mass is 35.5. The van der Waals surface area contributed by atoms with E-state index in [1.165, 1.54) is 9.21 Å². The van der Waals surface area contributed by atoms with Gasteiger partial charge in [0.2, 0.25) is 21.8 Å². The fraction of sp³-hybridized carbons (Fsp3) is 0.440. The highest BCUT2D eigenvalue weighted by Gasteiger charge is 2.27. The molecular weight excluding hydrogens is 509 g/mol. The summed E-state index contributed by atoms with van der Waals surface area (Å²) in [5.74, 6) is -0.521. The third-order valence-corrected chi connectivity index (χ3v) is 7.51. The monoisotopic (exact) mass is 541 g/mol. The quantitative estimate of drug-likeness (QED) is 0.415. The summed E-state index contributed by atoms with van der Waals surface area (Å²) in [6, 6.07) is 13.0. The molecule has 0 heterocycles. The molecule has 2 atom stereocenters. The number of hydrogen-bond donors (Lipinski definition) is 1. The summed E-state index contributed by atoms with van der Waals surface area (Å²) >= 11 is 12.4. The summed E-state index contributed by atoms with van der Waals surface area (Å²) in [5, 5.41) is 3.84. The zero-order chi connectivity index (χ0) is 26.2. The minimum atomic E-state index is -3.59. The Hall–Kier alpha value is -2.29. The van der Waals surface area contributed by atoms with Gasteiger partial charge in [-0.15, -0.1) is 0 Å². The van der Waals surface area contributed by atoms with E-state index in [2.05, 4.69) is 5.32 Å². The number of rotatable bonds is 12. The first kappa shape index (κ1) is 28.9. The minimum absolute atomic E-state index is 0.0248. The van der Waals surface area contributed by atoms with Crippen LogP contribution >= 0.6 is 23.2 Å². The van der Waals surface area contributed by atoms with Crippen molar-refractivity contribution in [1.29, 1.82) is 0 Å². The first-order chi connectivity index (χ1) is 16.4. The molecule has 192 valence electrons. The zero-order valence-corrected chi connectivity index (χ0v) is 22.8. The maximum absolute atomic E-state index is 13.3. The maximum atomic E-state index is 13.3. The van der Waals surface area contributed by atoms with E-state index >= 15 is 0 Å². The van der Waals surface area contributed by atoms with E-state index in [1.54, 1.807) is 43.3 Å². The fourth-order valence-corrected chi connectivity index (χ4v) is 4.83. The van der Waals surface area contributed by atoms with Gasteiger partial charge in [-0.05, 0) is 56.5 Å². The third-order valence-electron chi connectivity index (χ3n) is 5.72. The molecule has 0 aliphatic heterocycles. The van der Waals surface area contributed by atoms with Crippen molar-refractivity contribution < 1.29 is 18.0 Å². The van der Waals surface area contributed by atoms with Crippen molar-refractivity contribution in [3.05, 3.63) is 64.1 Å². The fourth-order valence-electron chi connectivity index (χ4n) is 3.49. The van der Waals surface area contributed by atoms with Crippen LogP contribution in [0.25, 0.3) is 0 Å². The van der Waals surface area contributed by atoms with Gasteiger partial charge in [0.05, 0.1) is 11.9 Å². The van der Waals surface area contributed by atoms with Crippen LogP contribution in [0.3, 0.4) is 0 Å². The van der Waals surface area contributed by atoms with Crippen LogP contribution in [0, 0.1) is 0 Å². The van der Waals surface area contributed by atoms with Gasteiger partial charge in [0.1, 0.15) is 6.04 Å². The van der Waals surface area contributed by atoms with Gasteiger partial charge in [0.25, 0.3) is 0 Å². The predicted octanol–water partition coefficient (Wildman–Crippen LogP) is 4.87. The van der Waals surface area contributed by atoms with Gasteiger partial charge in [0.15, 0.2) is 0 Å². The van der Waals surface area contributed by atoms with Gasteiger partial charge >= 0.3 is 0 Å². The number of anilines is 1. The molecule has 0 spiro atoms. The second kappa shape index (κ2) is 13.1. The van der Waals surface area contributed by atoms with E-state index < -0.39 is 16.1 Å². The molecule has 2 aromatic carbocycles. The molecule has 0 radical (unpaired) electrons. The summed E-state index contributed by atoms with van der Waals surface area (Å²) in [6.07, 6.45) is 2.19. The van der Waals surface area contributed by atoms with E-state index in [9.17, 15) is 18.0 Å². The summed E-state index contributed by atoms with van der Waals surface area (Å²) in [7, 11) is -3.59. The van der Waals surface area contributed by atoms with Gasteiger partial charge in [-0.25, -0.2) is 8.42 Å². The summed E-state index contributed by atoms with van der Waals surface area (Å²) in [5.41, 5.74) is 1.16. The maximum Gasteiger partial charge on any atom is 0.242 e. The molecule has 2 aromatic rings. The van der Waals surface area contributed by atoms with Crippen molar-refractivity contribution in [2.75, 3.05) is 17.1 Å². The second-order valence-corrected chi connectivity index (χ2v) is 11.3.